The Bertz CT molecular complexity index is 521. The molecule has 0 saturated carbocycles. The molecule has 3 rings (SSSR count). The van der Waals surface area contributed by atoms with Crippen molar-refractivity contribution in [3.8, 4) is 0 Å². The summed E-state index contributed by atoms with van der Waals surface area (Å²) in [6.45, 7) is 9.24. The monoisotopic (exact) mass is 274 g/mol. The normalized spacial score (nSPS) is 20.6. The predicted molar refractivity (Wildman–Crippen MR) is 77.9 cm³/mol. The maximum Gasteiger partial charge on any atom is 0.338 e. The Labute approximate surface area is 120 Å². The van der Waals surface area contributed by atoms with E-state index < -0.39 is 0 Å². The molecule has 2 heterocycles. The number of benzene rings is 1. The molecule has 1 aromatic carbocycles. The van der Waals surface area contributed by atoms with Crippen LogP contribution in [0, 0.1) is 6.92 Å². The molecule has 1 atom stereocenters. The number of carbonyl (C=O) groups excluding carboxylic acids is 1. The Kier molecular flexibility index (Phi) is 3.76. The molecule has 1 aromatic rings. The van der Waals surface area contributed by atoms with Gasteiger partial charge in [-0.25, -0.2) is 4.79 Å². The van der Waals surface area contributed by atoms with Crippen LogP contribution < -0.4 is 5.32 Å². The van der Waals surface area contributed by atoms with Crippen LogP contribution in [0.3, 0.4) is 0 Å². The lowest BCUT2D eigenvalue weighted by Crippen LogP contribution is -2.48. The molecule has 2 aliphatic heterocycles. The van der Waals surface area contributed by atoms with Crippen molar-refractivity contribution in [1.82, 2.24) is 10.2 Å². The highest BCUT2D eigenvalue weighted by atomic mass is 16.5. The summed E-state index contributed by atoms with van der Waals surface area (Å²) in [5, 5.41) is 3.39. The van der Waals surface area contributed by atoms with Gasteiger partial charge in [0, 0.05) is 37.8 Å². The van der Waals surface area contributed by atoms with E-state index in [-0.39, 0.29) is 5.97 Å². The lowest BCUT2D eigenvalue weighted by Gasteiger charge is -2.33. The van der Waals surface area contributed by atoms with Crippen molar-refractivity contribution in [2.45, 2.75) is 32.9 Å². The summed E-state index contributed by atoms with van der Waals surface area (Å²) in [5.74, 6) is -0.176. The van der Waals surface area contributed by atoms with Gasteiger partial charge in [-0.2, -0.15) is 0 Å². The van der Waals surface area contributed by atoms with Crippen molar-refractivity contribution in [2.75, 3.05) is 26.2 Å². The number of ether oxygens (including phenoxy) is 1. The minimum Gasteiger partial charge on any atom is -0.457 e. The van der Waals surface area contributed by atoms with Crippen molar-refractivity contribution < 1.29 is 9.53 Å². The van der Waals surface area contributed by atoms with Crippen LogP contribution in [0.1, 0.15) is 34.0 Å². The molecular weight excluding hydrogens is 252 g/mol. The van der Waals surface area contributed by atoms with Crippen LogP contribution in [-0.4, -0.2) is 43.1 Å². The van der Waals surface area contributed by atoms with Crippen LogP contribution >= 0.6 is 0 Å². The van der Waals surface area contributed by atoms with E-state index in [4.69, 9.17) is 4.74 Å². The summed E-state index contributed by atoms with van der Waals surface area (Å²) in [6.07, 6.45) is 1.04. The Morgan fingerprint density at radius 1 is 1.35 bits per heavy atom. The number of rotatable bonds is 3. The van der Waals surface area contributed by atoms with Gasteiger partial charge in [0.2, 0.25) is 0 Å². The highest BCUT2D eigenvalue weighted by Crippen LogP contribution is 2.27. The molecular formula is C16H22N2O2. The molecule has 1 saturated heterocycles. The van der Waals surface area contributed by atoms with E-state index in [0.29, 0.717) is 12.6 Å². The van der Waals surface area contributed by atoms with Gasteiger partial charge >= 0.3 is 5.97 Å². The maximum absolute atomic E-state index is 11.6. The summed E-state index contributed by atoms with van der Waals surface area (Å²) < 4.78 is 5.12. The third-order valence-electron chi connectivity index (χ3n) is 4.57. The third-order valence-corrected chi connectivity index (χ3v) is 4.57. The number of nitrogens with one attached hydrogen (secondary N) is 1. The van der Waals surface area contributed by atoms with Gasteiger partial charge in [0.1, 0.15) is 6.61 Å². The van der Waals surface area contributed by atoms with Gasteiger partial charge in [-0.15, -0.1) is 0 Å². The molecule has 0 amide bonds. The number of cyclic esters (lactones) is 1. The highest BCUT2D eigenvalue weighted by molar-refractivity contribution is 5.93. The molecule has 4 nitrogen and oxygen atoms in total. The lowest BCUT2D eigenvalue weighted by molar-refractivity contribution is 0.0535. The molecule has 4 heteroatoms. The topological polar surface area (TPSA) is 41.6 Å². The molecule has 0 bridgehead atoms. The summed E-state index contributed by atoms with van der Waals surface area (Å²) >= 11 is 0. The van der Waals surface area contributed by atoms with Gasteiger partial charge in [0.15, 0.2) is 0 Å². The molecule has 108 valence electrons. The first-order valence-corrected chi connectivity index (χ1v) is 7.40. The molecule has 0 aliphatic carbocycles. The van der Waals surface area contributed by atoms with Gasteiger partial charge < -0.3 is 10.1 Å². The maximum atomic E-state index is 11.6. The minimum atomic E-state index is -0.176. The number of piperazine rings is 1. The minimum absolute atomic E-state index is 0.176. The van der Waals surface area contributed by atoms with Gasteiger partial charge in [-0.1, -0.05) is 6.07 Å². The second-order valence-electron chi connectivity index (χ2n) is 5.79. The van der Waals surface area contributed by atoms with Gasteiger partial charge in [-0.3, -0.25) is 4.90 Å². The second kappa shape index (κ2) is 5.54. The fourth-order valence-corrected chi connectivity index (χ4v) is 3.19. The van der Waals surface area contributed by atoms with Gasteiger partial charge in [0.05, 0.1) is 5.56 Å². The van der Waals surface area contributed by atoms with E-state index in [1.165, 1.54) is 11.1 Å². The van der Waals surface area contributed by atoms with Crippen molar-refractivity contribution in [3.63, 3.8) is 0 Å². The van der Waals surface area contributed by atoms with Crippen molar-refractivity contribution in [2.24, 2.45) is 0 Å². The standard InChI is InChI=1S/C16H22N2O2/c1-11(18-7-5-17-6-8-18)9-13-3-4-14-15(12(13)2)10-20-16(14)19/h3-4,11,17H,5-10H2,1-2H3. The van der Waals surface area contributed by atoms with E-state index >= 15 is 0 Å². The van der Waals surface area contributed by atoms with Crippen molar-refractivity contribution >= 4 is 5.97 Å². The van der Waals surface area contributed by atoms with E-state index in [0.717, 1.165) is 43.7 Å². The predicted octanol–water partition coefficient (Wildman–Crippen LogP) is 1.50. The van der Waals surface area contributed by atoms with Crippen LogP contribution in [0.2, 0.25) is 0 Å². The third kappa shape index (κ3) is 2.45. The summed E-state index contributed by atoms with van der Waals surface area (Å²) in [5.41, 5.74) is 4.41. The Balaban J connectivity index is 1.76. The average molecular weight is 274 g/mol. The number of fused-ring (bicyclic) bond motifs is 1. The zero-order valence-corrected chi connectivity index (χ0v) is 12.2. The summed E-state index contributed by atoms with van der Waals surface area (Å²) in [7, 11) is 0. The SMILES string of the molecule is Cc1c(CC(C)N2CCNCC2)ccc2c1COC2=O. The number of hydrogen-bond donors (Lipinski definition) is 1. The highest BCUT2D eigenvalue weighted by Gasteiger charge is 2.25. The quantitative estimate of drug-likeness (QED) is 0.848. The average Bonchev–Trinajstić information content (AvgIpc) is 2.85. The Morgan fingerprint density at radius 3 is 2.85 bits per heavy atom. The number of esters is 1. The zero-order valence-electron chi connectivity index (χ0n) is 12.2. The molecule has 0 aromatic heterocycles. The fourth-order valence-electron chi connectivity index (χ4n) is 3.19. The summed E-state index contributed by atoms with van der Waals surface area (Å²) in [6, 6.07) is 4.56. The molecule has 1 fully saturated rings. The van der Waals surface area contributed by atoms with Gasteiger partial charge in [0.25, 0.3) is 0 Å². The van der Waals surface area contributed by atoms with E-state index in [1.54, 1.807) is 0 Å². The molecule has 20 heavy (non-hydrogen) atoms. The smallest absolute Gasteiger partial charge is 0.338 e. The first-order valence-electron chi connectivity index (χ1n) is 7.40. The van der Waals surface area contributed by atoms with Crippen LogP contribution in [0.5, 0.6) is 0 Å². The van der Waals surface area contributed by atoms with Crippen molar-refractivity contribution in [1.29, 1.82) is 0 Å². The van der Waals surface area contributed by atoms with E-state index in [2.05, 4.69) is 30.1 Å². The van der Waals surface area contributed by atoms with E-state index in [9.17, 15) is 4.79 Å². The molecule has 1 N–H and O–H groups in total. The first-order chi connectivity index (χ1) is 9.66. The molecule has 1 unspecified atom stereocenters. The number of hydrogen-bond acceptors (Lipinski definition) is 4. The zero-order chi connectivity index (χ0) is 14.1. The van der Waals surface area contributed by atoms with E-state index in [1.807, 2.05) is 6.07 Å². The Hall–Kier alpha value is -1.39. The van der Waals surface area contributed by atoms with Crippen LogP contribution in [-0.2, 0) is 17.8 Å². The molecule has 2 aliphatic rings. The second-order valence-corrected chi connectivity index (χ2v) is 5.79. The molecule has 0 spiro atoms. The summed E-state index contributed by atoms with van der Waals surface area (Å²) in [4.78, 5) is 14.1. The van der Waals surface area contributed by atoms with Gasteiger partial charge in [-0.05, 0) is 37.5 Å². The first kappa shape index (κ1) is 13.6. The number of nitrogens with zero attached hydrogens (tertiary/aromatic N) is 1. The Morgan fingerprint density at radius 2 is 2.10 bits per heavy atom. The van der Waals surface area contributed by atoms with Crippen LogP contribution in [0.15, 0.2) is 12.1 Å². The largest absolute Gasteiger partial charge is 0.457 e. The fraction of sp³-hybridized carbons (Fsp3) is 0.562. The molecule has 0 radical (unpaired) electrons. The lowest BCUT2D eigenvalue weighted by atomic mass is 9.94. The van der Waals surface area contributed by atoms with Crippen LogP contribution in [0.25, 0.3) is 0 Å². The van der Waals surface area contributed by atoms with Crippen LogP contribution in [0.4, 0.5) is 0 Å². The number of carbonyl (C=O) groups is 1. The van der Waals surface area contributed by atoms with Crippen molar-refractivity contribution in [3.05, 3.63) is 34.4 Å².